The van der Waals surface area contributed by atoms with Crippen LogP contribution in [-0.4, -0.2) is 10.1 Å². The molecule has 1 unspecified atom stereocenters. The predicted octanol–water partition coefficient (Wildman–Crippen LogP) is 2.37. The lowest BCUT2D eigenvalue weighted by Crippen LogP contribution is -2.24. The van der Waals surface area contributed by atoms with E-state index in [0.29, 0.717) is 11.6 Å². The topological polar surface area (TPSA) is 59.1 Å². The first-order chi connectivity index (χ1) is 7.66. The van der Waals surface area contributed by atoms with Crippen molar-refractivity contribution >= 4 is 16.5 Å². The number of aromatic nitrogens is 1. The summed E-state index contributed by atoms with van der Waals surface area (Å²) in [5.41, 5.74) is 5.50. The van der Waals surface area contributed by atoms with Gasteiger partial charge in [0, 0.05) is 6.20 Å². The summed E-state index contributed by atoms with van der Waals surface area (Å²) < 4.78 is 0. The molecule has 1 aromatic carbocycles. The van der Waals surface area contributed by atoms with Crippen LogP contribution >= 0.6 is 11.3 Å². The molecule has 1 atom stereocenters. The molecular formula is C12H14N2OS. The average molecular weight is 234 g/mol. The van der Waals surface area contributed by atoms with Crippen molar-refractivity contribution in [1.29, 1.82) is 0 Å². The van der Waals surface area contributed by atoms with E-state index in [9.17, 15) is 5.11 Å². The molecule has 0 aliphatic heterocycles. The summed E-state index contributed by atoms with van der Waals surface area (Å²) in [6.07, 6.45) is 2.25. The highest BCUT2D eigenvalue weighted by Crippen LogP contribution is 2.36. The monoisotopic (exact) mass is 234 g/mol. The molecule has 0 saturated carbocycles. The Balaban J connectivity index is 2.48. The van der Waals surface area contributed by atoms with Gasteiger partial charge in [0.25, 0.3) is 0 Å². The van der Waals surface area contributed by atoms with Gasteiger partial charge in [-0.15, -0.1) is 0 Å². The quantitative estimate of drug-likeness (QED) is 0.857. The molecule has 0 aliphatic rings. The number of anilines is 1. The second kappa shape index (κ2) is 4.23. The van der Waals surface area contributed by atoms with Crippen LogP contribution in [0.5, 0.6) is 0 Å². The molecule has 0 radical (unpaired) electrons. The summed E-state index contributed by atoms with van der Waals surface area (Å²) in [4.78, 5) is 4.78. The highest BCUT2D eigenvalue weighted by Gasteiger charge is 2.31. The minimum absolute atomic E-state index is 0.484. The van der Waals surface area contributed by atoms with Crippen LogP contribution in [0.3, 0.4) is 0 Å². The summed E-state index contributed by atoms with van der Waals surface area (Å²) in [5.74, 6) is 0. The summed E-state index contributed by atoms with van der Waals surface area (Å²) in [6.45, 7) is 1.95. The van der Waals surface area contributed by atoms with Gasteiger partial charge in [-0.2, -0.15) is 0 Å². The second-order valence-electron chi connectivity index (χ2n) is 3.64. The number of nitrogens with two attached hydrogens (primary N) is 1. The number of rotatable bonds is 3. The van der Waals surface area contributed by atoms with Gasteiger partial charge in [0.05, 0.1) is 4.88 Å². The van der Waals surface area contributed by atoms with Gasteiger partial charge in [-0.05, 0) is 12.0 Å². The Bertz CT molecular complexity index is 469. The van der Waals surface area contributed by atoms with Crippen LogP contribution in [0.1, 0.15) is 23.8 Å². The molecule has 0 aliphatic carbocycles. The molecule has 2 rings (SSSR count). The summed E-state index contributed by atoms with van der Waals surface area (Å²) >= 11 is 1.33. The molecule has 0 bridgehead atoms. The van der Waals surface area contributed by atoms with Gasteiger partial charge in [0.15, 0.2) is 5.13 Å². The van der Waals surface area contributed by atoms with Crippen molar-refractivity contribution < 1.29 is 5.11 Å². The maximum atomic E-state index is 10.7. The summed E-state index contributed by atoms with van der Waals surface area (Å²) in [6, 6.07) is 9.60. The van der Waals surface area contributed by atoms with E-state index in [-0.39, 0.29) is 0 Å². The minimum atomic E-state index is -0.976. The maximum absolute atomic E-state index is 10.7. The molecule has 84 valence electrons. The van der Waals surface area contributed by atoms with E-state index in [1.54, 1.807) is 6.20 Å². The Morgan fingerprint density at radius 1 is 1.38 bits per heavy atom. The predicted molar refractivity (Wildman–Crippen MR) is 66.3 cm³/mol. The Morgan fingerprint density at radius 3 is 2.56 bits per heavy atom. The third-order valence-electron chi connectivity index (χ3n) is 2.69. The normalized spacial score (nSPS) is 14.6. The van der Waals surface area contributed by atoms with E-state index in [4.69, 9.17) is 5.73 Å². The van der Waals surface area contributed by atoms with Gasteiger partial charge in [-0.3, -0.25) is 0 Å². The molecule has 3 nitrogen and oxygen atoms in total. The van der Waals surface area contributed by atoms with Crippen LogP contribution in [0.15, 0.2) is 36.5 Å². The number of benzene rings is 1. The lowest BCUT2D eigenvalue weighted by Gasteiger charge is -2.25. The van der Waals surface area contributed by atoms with Crippen LogP contribution in [0.2, 0.25) is 0 Å². The van der Waals surface area contributed by atoms with Crippen LogP contribution in [0, 0.1) is 0 Å². The molecular weight excluding hydrogens is 220 g/mol. The van der Waals surface area contributed by atoms with Crippen LogP contribution in [0.25, 0.3) is 0 Å². The molecule has 3 N–H and O–H groups in total. The SMILES string of the molecule is CCC(O)(c1ccccc1)c1cnc(N)s1. The molecule has 0 spiro atoms. The number of hydrogen-bond donors (Lipinski definition) is 2. The summed E-state index contributed by atoms with van der Waals surface area (Å²) in [7, 11) is 0. The lowest BCUT2D eigenvalue weighted by atomic mass is 9.90. The van der Waals surface area contributed by atoms with Gasteiger partial charge < -0.3 is 10.8 Å². The first-order valence-corrected chi connectivity index (χ1v) is 5.98. The zero-order valence-corrected chi connectivity index (χ0v) is 9.87. The van der Waals surface area contributed by atoms with Crippen LogP contribution in [-0.2, 0) is 5.60 Å². The molecule has 4 heteroatoms. The van der Waals surface area contributed by atoms with E-state index in [2.05, 4.69) is 4.98 Å². The first kappa shape index (κ1) is 11.1. The number of nitrogen functional groups attached to an aromatic ring is 1. The smallest absolute Gasteiger partial charge is 0.180 e. The van der Waals surface area contributed by atoms with Crippen LogP contribution < -0.4 is 5.73 Å². The molecule has 1 heterocycles. The van der Waals surface area contributed by atoms with Crippen molar-refractivity contribution in [2.75, 3.05) is 5.73 Å². The molecule has 1 aromatic heterocycles. The lowest BCUT2D eigenvalue weighted by molar-refractivity contribution is 0.0802. The van der Waals surface area contributed by atoms with E-state index in [1.807, 2.05) is 37.3 Å². The largest absolute Gasteiger partial charge is 0.379 e. The van der Waals surface area contributed by atoms with Crippen LogP contribution in [0.4, 0.5) is 5.13 Å². The number of nitrogens with zero attached hydrogens (tertiary/aromatic N) is 1. The van der Waals surface area contributed by atoms with Crippen molar-refractivity contribution in [1.82, 2.24) is 4.98 Å². The van der Waals surface area contributed by atoms with Gasteiger partial charge in [-0.25, -0.2) is 4.98 Å². The van der Waals surface area contributed by atoms with E-state index in [1.165, 1.54) is 11.3 Å². The standard InChI is InChI=1S/C12H14N2OS/c1-2-12(15,9-6-4-3-5-7-9)10-8-14-11(13)16-10/h3-8,15H,2H2,1H3,(H2,13,14). The van der Waals surface area contributed by atoms with Gasteiger partial charge in [0.1, 0.15) is 5.60 Å². The molecule has 2 aromatic rings. The van der Waals surface area contributed by atoms with Crippen molar-refractivity contribution in [3.8, 4) is 0 Å². The Labute approximate surface area is 98.6 Å². The third-order valence-corrected chi connectivity index (χ3v) is 3.67. The zero-order chi connectivity index (χ0) is 11.6. The Morgan fingerprint density at radius 2 is 2.06 bits per heavy atom. The Hall–Kier alpha value is -1.39. The fourth-order valence-electron chi connectivity index (χ4n) is 1.71. The van der Waals surface area contributed by atoms with Crippen molar-refractivity contribution in [2.24, 2.45) is 0 Å². The molecule has 0 saturated heterocycles. The average Bonchev–Trinajstić information content (AvgIpc) is 2.76. The molecule has 0 fully saturated rings. The third kappa shape index (κ3) is 1.81. The summed E-state index contributed by atoms with van der Waals surface area (Å²) in [5, 5.41) is 11.2. The van der Waals surface area contributed by atoms with E-state index < -0.39 is 5.60 Å². The van der Waals surface area contributed by atoms with Gasteiger partial charge in [0.2, 0.25) is 0 Å². The molecule has 16 heavy (non-hydrogen) atoms. The van der Waals surface area contributed by atoms with Crippen molar-refractivity contribution in [3.63, 3.8) is 0 Å². The minimum Gasteiger partial charge on any atom is -0.379 e. The highest BCUT2D eigenvalue weighted by molar-refractivity contribution is 7.15. The fraction of sp³-hybridized carbons (Fsp3) is 0.250. The van der Waals surface area contributed by atoms with Gasteiger partial charge in [-0.1, -0.05) is 48.6 Å². The fourth-order valence-corrected chi connectivity index (χ4v) is 2.58. The van der Waals surface area contributed by atoms with Crippen molar-refractivity contribution in [2.45, 2.75) is 18.9 Å². The van der Waals surface area contributed by atoms with E-state index >= 15 is 0 Å². The van der Waals surface area contributed by atoms with E-state index in [0.717, 1.165) is 10.4 Å². The highest BCUT2D eigenvalue weighted by atomic mass is 32.1. The number of thiazole rings is 1. The Kier molecular flexibility index (Phi) is 2.94. The van der Waals surface area contributed by atoms with Gasteiger partial charge >= 0.3 is 0 Å². The number of aliphatic hydroxyl groups is 1. The number of hydrogen-bond acceptors (Lipinski definition) is 4. The second-order valence-corrected chi connectivity index (χ2v) is 4.70. The maximum Gasteiger partial charge on any atom is 0.180 e. The first-order valence-electron chi connectivity index (χ1n) is 5.16. The zero-order valence-electron chi connectivity index (χ0n) is 9.05. The molecule has 0 amide bonds. The van der Waals surface area contributed by atoms with Crippen molar-refractivity contribution in [3.05, 3.63) is 47.0 Å².